The third kappa shape index (κ3) is 2.63. The lowest BCUT2D eigenvalue weighted by Crippen LogP contribution is -1.82. The fourth-order valence-electron chi connectivity index (χ4n) is 2.16. The van der Waals surface area contributed by atoms with Crippen molar-refractivity contribution in [1.29, 1.82) is 0 Å². The van der Waals surface area contributed by atoms with Crippen molar-refractivity contribution in [2.75, 3.05) is 0 Å². The van der Waals surface area contributed by atoms with E-state index in [1.807, 2.05) is 30.3 Å². The Morgan fingerprint density at radius 1 is 1.00 bits per heavy atom. The van der Waals surface area contributed by atoms with Gasteiger partial charge in [0.05, 0.1) is 5.69 Å². The summed E-state index contributed by atoms with van der Waals surface area (Å²) in [6, 6.07) is 18.4. The molecule has 0 atom stereocenters. The predicted molar refractivity (Wildman–Crippen MR) is 89.8 cm³/mol. The van der Waals surface area contributed by atoms with Crippen molar-refractivity contribution in [2.45, 2.75) is 11.4 Å². The topological polar surface area (TPSA) is 26.0 Å². The minimum Gasteiger partial charge on any atom is -0.436 e. The molecule has 0 aliphatic heterocycles. The molecule has 1 aromatic heterocycles. The second-order valence-electron chi connectivity index (χ2n) is 4.66. The van der Waals surface area contributed by atoms with Gasteiger partial charge >= 0.3 is 0 Å². The fourth-order valence-corrected chi connectivity index (χ4v) is 2.68. The summed E-state index contributed by atoms with van der Waals surface area (Å²) >= 11 is 2.32. The summed E-state index contributed by atoms with van der Waals surface area (Å²) in [6.07, 6.45) is 0. The van der Waals surface area contributed by atoms with E-state index in [0.29, 0.717) is 5.89 Å². The molecule has 0 unspecified atom stereocenters. The molecule has 0 saturated carbocycles. The zero-order chi connectivity index (χ0) is 13.9. The number of hydrogen-bond acceptors (Lipinski definition) is 2. The van der Waals surface area contributed by atoms with Gasteiger partial charge in [-0.3, -0.25) is 0 Å². The highest BCUT2D eigenvalue weighted by atomic mass is 127. The summed E-state index contributed by atoms with van der Waals surface area (Å²) in [5, 5.41) is 0. The van der Waals surface area contributed by atoms with Crippen LogP contribution in [0.3, 0.4) is 0 Å². The molecule has 2 nitrogen and oxygen atoms in total. The van der Waals surface area contributed by atoms with Gasteiger partial charge in [0.15, 0.2) is 5.76 Å². The van der Waals surface area contributed by atoms with Crippen molar-refractivity contribution in [2.24, 2.45) is 0 Å². The average molecular weight is 375 g/mol. The van der Waals surface area contributed by atoms with Crippen LogP contribution in [0.4, 0.5) is 0 Å². The maximum atomic E-state index is 6.02. The first kappa shape index (κ1) is 13.4. The molecular weight excluding hydrogens is 361 g/mol. The van der Waals surface area contributed by atoms with Crippen molar-refractivity contribution in [1.82, 2.24) is 4.98 Å². The van der Waals surface area contributed by atoms with Gasteiger partial charge in [0.1, 0.15) is 0 Å². The molecule has 2 aromatic carbocycles. The smallest absolute Gasteiger partial charge is 0.227 e. The monoisotopic (exact) mass is 375 g/mol. The number of benzene rings is 2. The minimum absolute atomic E-state index is 0.694. The molecule has 3 aromatic rings. The van der Waals surface area contributed by atoms with Gasteiger partial charge in [-0.05, 0) is 19.1 Å². The molecule has 100 valence electrons. The molecule has 0 spiro atoms. The molecule has 0 bridgehead atoms. The largest absolute Gasteiger partial charge is 0.436 e. The van der Waals surface area contributed by atoms with Gasteiger partial charge in [0.2, 0.25) is 5.89 Å². The summed E-state index contributed by atoms with van der Waals surface area (Å²) in [5.41, 5.74) is 4.30. The van der Waals surface area contributed by atoms with E-state index in [-0.39, 0.29) is 0 Å². The first-order valence-corrected chi connectivity index (χ1v) is 7.98. The summed E-state index contributed by atoms with van der Waals surface area (Å²) in [7, 11) is 0. The maximum Gasteiger partial charge on any atom is 0.227 e. The zero-order valence-electron chi connectivity index (χ0n) is 11.1. The number of hydrogen-bond donors (Lipinski definition) is 0. The Balaban J connectivity index is 2.10. The lowest BCUT2D eigenvalue weighted by Gasteiger charge is -1.98. The Morgan fingerprint density at radius 3 is 2.45 bits per heavy atom. The van der Waals surface area contributed by atoms with Gasteiger partial charge in [0.25, 0.3) is 0 Å². The van der Waals surface area contributed by atoms with Crippen LogP contribution < -0.4 is 0 Å². The first-order valence-electron chi connectivity index (χ1n) is 6.46. The van der Waals surface area contributed by atoms with E-state index < -0.39 is 0 Å². The molecule has 0 saturated heterocycles. The standard InChI is InChI=1S/C17H14INO/c1-12-6-5-9-14(10-12)17-19-15(11-18)16(20-17)13-7-3-2-4-8-13/h2-10H,11H2,1H3. The van der Waals surface area contributed by atoms with Crippen LogP contribution in [0.2, 0.25) is 0 Å². The van der Waals surface area contributed by atoms with Crippen LogP contribution in [0, 0.1) is 6.92 Å². The fraction of sp³-hybridized carbons (Fsp3) is 0.118. The van der Waals surface area contributed by atoms with Crippen LogP contribution in [0.25, 0.3) is 22.8 Å². The van der Waals surface area contributed by atoms with E-state index in [0.717, 1.165) is 27.0 Å². The van der Waals surface area contributed by atoms with E-state index in [1.165, 1.54) is 5.56 Å². The molecule has 0 aliphatic carbocycles. The molecule has 0 N–H and O–H groups in total. The van der Waals surface area contributed by atoms with Crippen LogP contribution in [-0.2, 0) is 4.43 Å². The molecule has 20 heavy (non-hydrogen) atoms. The van der Waals surface area contributed by atoms with Gasteiger partial charge in [-0.25, -0.2) is 4.98 Å². The van der Waals surface area contributed by atoms with Crippen molar-refractivity contribution in [3.63, 3.8) is 0 Å². The van der Waals surface area contributed by atoms with Crippen LogP contribution in [0.1, 0.15) is 11.3 Å². The molecule has 1 heterocycles. The molecule has 3 rings (SSSR count). The number of nitrogens with zero attached hydrogens (tertiary/aromatic N) is 1. The summed E-state index contributed by atoms with van der Waals surface area (Å²) in [5.74, 6) is 1.57. The number of halogens is 1. The first-order chi connectivity index (χ1) is 9.78. The number of aryl methyl sites for hydroxylation is 1. The number of aromatic nitrogens is 1. The summed E-state index contributed by atoms with van der Waals surface area (Å²) in [4.78, 5) is 4.64. The maximum absolute atomic E-state index is 6.02. The highest BCUT2D eigenvalue weighted by Crippen LogP contribution is 2.31. The van der Waals surface area contributed by atoms with Crippen molar-refractivity contribution in [3.05, 3.63) is 65.9 Å². The predicted octanol–water partition coefficient (Wildman–Crippen LogP) is 5.25. The molecule has 0 amide bonds. The summed E-state index contributed by atoms with van der Waals surface area (Å²) < 4.78 is 6.85. The Bertz CT molecular complexity index is 719. The van der Waals surface area contributed by atoms with Crippen LogP contribution in [0.15, 0.2) is 59.0 Å². The summed E-state index contributed by atoms with van der Waals surface area (Å²) in [6.45, 7) is 2.07. The lowest BCUT2D eigenvalue weighted by molar-refractivity contribution is 0.588. The van der Waals surface area contributed by atoms with Crippen molar-refractivity contribution in [3.8, 4) is 22.8 Å². The zero-order valence-corrected chi connectivity index (χ0v) is 13.3. The third-order valence-electron chi connectivity index (χ3n) is 3.12. The highest BCUT2D eigenvalue weighted by Gasteiger charge is 2.15. The van der Waals surface area contributed by atoms with Crippen molar-refractivity contribution >= 4 is 22.6 Å². The van der Waals surface area contributed by atoms with Gasteiger partial charge < -0.3 is 4.42 Å². The molecule has 0 aliphatic rings. The normalized spacial score (nSPS) is 10.7. The molecular formula is C17H14INO. The molecule has 3 heteroatoms. The Kier molecular flexibility index (Phi) is 3.87. The van der Waals surface area contributed by atoms with Crippen LogP contribution >= 0.6 is 22.6 Å². The van der Waals surface area contributed by atoms with Crippen LogP contribution in [0.5, 0.6) is 0 Å². The third-order valence-corrected chi connectivity index (χ3v) is 3.85. The van der Waals surface area contributed by atoms with Gasteiger partial charge in [-0.2, -0.15) is 0 Å². The number of rotatable bonds is 3. The van der Waals surface area contributed by atoms with E-state index in [4.69, 9.17) is 4.42 Å². The molecule has 0 fully saturated rings. The van der Waals surface area contributed by atoms with Gasteiger partial charge in [0, 0.05) is 15.6 Å². The van der Waals surface area contributed by atoms with Crippen molar-refractivity contribution < 1.29 is 4.42 Å². The van der Waals surface area contributed by atoms with E-state index >= 15 is 0 Å². The quantitative estimate of drug-likeness (QED) is 0.462. The Labute approximate surface area is 132 Å². The second-order valence-corrected chi connectivity index (χ2v) is 5.43. The van der Waals surface area contributed by atoms with E-state index in [1.54, 1.807) is 0 Å². The van der Waals surface area contributed by atoms with E-state index in [2.05, 4.69) is 58.8 Å². The lowest BCUT2D eigenvalue weighted by atomic mass is 10.1. The number of oxazole rings is 1. The van der Waals surface area contributed by atoms with Gasteiger partial charge in [-0.15, -0.1) is 0 Å². The second kappa shape index (κ2) is 5.79. The average Bonchev–Trinajstić information content (AvgIpc) is 2.92. The minimum atomic E-state index is 0.694. The Morgan fingerprint density at radius 2 is 1.75 bits per heavy atom. The SMILES string of the molecule is Cc1cccc(-c2nc(CI)c(-c3ccccc3)o2)c1. The highest BCUT2D eigenvalue weighted by molar-refractivity contribution is 14.1. The van der Waals surface area contributed by atoms with Gasteiger partial charge in [-0.1, -0.05) is 70.6 Å². The molecule has 0 radical (unpaired) electrons. The number of alkyl halides is 1. The Hall–Kier alpha value is -1.62. The van der Waals surface area contributed by atoms with Crippen LogP contribution in [-0.4, -0.2) is 4.98 Å². The van der Waals surface area contributed by atoms with E-state index in [9.17, 15) is 0 Å².